The van der Waals surface area contributed by atoms with Crippen molar-refractivity contribution in [1.82, 2.24) is 19.8 Å². The fraction of sp³-hybridized carbons (Fsp3) is 0.542. The van der Waals surface area contributed by atoms with Crippen LogP contribution in [0, 0.1) is 11.8 Å². The van der Waals surface area contributed by atoms with Crippen LogP contribution in [0.5, 0.6) is 0 Å². The van der Waals surface area contributed by atoms with E-state index in [1.807, 2.05) is 35.9 Å². The molecular formula is C24H30N4O3. The predicted molar refractivity (Wildman–Crippen MR) is 117 cm³/mol. The third-order valence-corrected chi connectivity index (χ3v) is 7.59. The minimum absolute atomic E-state index is 0.0180. The van der Waals surface area contributed by atoms with Gasteiger partial charge in [0.2, 0.25) is 5.91 Å². The van der Waals surface area contributed by atoms with Crippen LogP contribution >= 0.6 is 0 Å². The highest BCUT2D eigenvalue weighted by Crippen LogP contribution is 2.47. The molecule has 2 bridgehead atoms. The van der Waals surface area contributed by atoms with Gasteiger partial charge in [0.05, 0.1) is 12.0 Å². The lowest BCUT2D eigenvalue weighted by Crippen LogP contribution is -2.45. The molecule has 2 aromatic rings. The number of likely N-dealkylation sites (N-methyl/N-ethyl adjacent to an activating group) is 1. The summed E-state index contributed by atoms with van der Waals surface area (Å²) in [4.78, 5) is 33.0. The van der Waals surface area contributed by atoms with E-state index in [1.165, 1.54) is 6.42 Å². The van der Waals surface area contributed by atoms with Crippen molar-refractivity contribution in [1.29, 1.82) is 0 Å². The fourth-order valence-corrected chi connectivity index (χ4v) is 5.99. The summed E-state index contributed by atoms with van der Waals surface area (Å²) in [5.74, 6) is -0.534. The molecule has 0 spiro atoms. The molecule has 7 heteroatoms. The van der Waals surface area contributed by atoms with E-state index in [9.17, 15) is 14.7 Å². The molecule has 7 nitrogen and oxygen atoms in total. The summed E-state index contributed by atoms with van der Waals surface area (Å²) in [6.07, 6.45) is 8.96. The van der Waals surface area contributed by atoms with Crippen LogP contribution in [0.4, 0.5) is 0 Å². The largest absolute Gasteiger partial charge is 0.396 e. The van der Waals surface area contributed by atoms with E-state index in [2.05, 4.69) is 15.2 Å². The summed E-state index contributed by atoms with van der Waals surface area (Å²) in [7, 11) is 2.01. The van der Waals surface area contributed by atoms with Gasteiger partial charge in [-0.2, -0.15) is 0 Å². The second-order valence-corrected chi connectivity index (χ2v) is 9.22. The highest BCUT2D eigenvalue weighted by atomic mass is 16.3. The van der Waals surface area contributed by atoms with Gasteiger partial charge < -0.3 is 15.0 Å². The molecule has 2 N–H and O–H groups in total. The van der Waals surface area contributed by atoms with Gasteiger partial charge in [-0.05, 0) is 49.7 Å². The number of fused-ring (bicyclic) bond motifs is 4. The van der Waals surface area contributed by atoms with E-state index in [0.29, 0.717) is 12.1 Å². The number of carbonyl (C=O) groups excluding carboxylic acids is 1. The summed E-state index contributed by atoms with van der Waals surface area (Å²) in [6, 6.07) is 7.49. The molecule has 1 saturated heterocycles. The molecule has 0 unspecified atom stereocenters. The van der Waals surface area contributed by atoms with Crippen molar-refractivity contribution >= 4 is 5.91 Å². The Morgan fingerprint density at radius 3 is 2.61 bits per heavy atom. The molecule has 2 fully saturated rings. The lowest BCUT2D eigenvalue weighted by Gasteiger charge is -2.35. The molecule has 1 aliphatic carbocycles. The van der Waals surface area contributed by atoms with E-state index >= 15 is 0 Å². The number of hydrogen-bond donors (Lipinski definition) is 2. The van der Waals surface area contributed by atoms with Gasteiger partial charge in [-0.3, -0.25) is 19.5 Å². The lowest BCUT2D eigenvalue weighted by atomic mass is 9.85. The Morgan fingerprint density at radius 1 is 1.16 bits per heavy atom. The Kier molecular flexibility index (Phi) is 5.40. The van der Waals surface area contributed by atoms with Gasteiger partial charge in [0.1, 0.15) is 0 Å². The first kappa shape index (κ1) is 20.4. The topological polar surface area (TPSA) is 87.5 Å². The number of pyridine rings is 2. The van der Waals surface area contributed by atoms with Crippen molar-refractivity contribution in [2.24, 2.45) is 11.8 Å². The van der Waals surface area contributed by atoms with Crippen LogP contribution in [-0.4, -0.2) is 51.2 Å². The number of carbonyl (C=O) groups is 1. The molecule has 2 aliphatic heterocycles. The van der Waals surface area contributed by atoms with Gasteiger partial charge in [-0.15, -0.1) is 0 Å². The maximum atomic E-state index is 13.4. The summed E-state index contributed by atoms with van der Waals surface area (Å²) in [5, 5.41) is 13.5. The number of rotatable bonds is 4. The number of aromatic nitrogens is 2. The summed E-state index contributed by atoms with van der Waals surface area (Å²) >= 11 is 0. The lowest BCUT2D eigenvalue weighted by molar-refractivity contribution is -0.128. The summed E-state index contributed by atoms with van der Waals surface area (Å²) in [5.41, 5.74) is 2.30. The minimum Gasteiger partial charge on any atom is -0.396 e. The zero-order valence-corrected chi connectivity index (χ0v) is 17.9. The van der Waals surface area contributed by atoms with Crippen LogP contribution in [0.15, 0.2) is 41.5 Å². The highest BCUT2D eigenvalue weighted by molar-refractivity contribution is 5.81. The summed E-state index contributed by atoms with van der Waals surface area (Å²) < 4.78 is 1.82. The van der Waals surface area contributed by atoms with Crippen LogP contribution in [-0.2, 0) is 11.3 Å². The smallest absolute Gasteiger partial charge is 0.258 e. The van der Waals surface area contributed by atoms with Gasteiger partial charge in [0.15, 0.2) is 0 Å². The molecule has 164 valence electrons. The van der Waals surface area contributed by atoms with Crippen molar-refractivity contribution < 1.29 is 9.90 Å². The second kappa shape index (κ2) is 8.20. The predicted octanol–water partition coefficient (Wildman–Crippen LogP) is 1.95. The van der Waals surface area contributed by atoms with E-state index < -0.39 is 0 Å². The number of amides is 1. The van der Waals surface area contributed by atoms with E-state index in [-0.39, 0.29) is 48.0 Å². The fourth-order valence-electron chi connectivity index (χ4n) is 5.99. The Hall–Kier alpha value is -2.51. The molecule has 4 heterocycles. The van der Waals surface area contributed by atoms with Crippen LogP contribution in [0.3, 0.4) is 0 Å². The highest BCUT2D eigenvalue weighted by Gasteiger charge is 2.54. The molecule has 1 saturated carbocycles. The monoisotopic (exact) mass is 422 g/mol. The first-order chi connectivity index (χ1) is 15.1. The van der Waals surface area contributed by atoms with Crippen molar-refractivity contribution in [3.8, 4) is 11.1 Å². The first-order valence-corrected chi connectivity index (χ1v) is 11.4. The Bertz CT molecular complexity index is 1020. The van der Waals surface area contributed by atoms with Crippen LogP contribution in [0.25, 0.3) is 11.1 Å². The third kappa shape index (κ3) is 3.40. The third-order valence-electron chi connectivity index (χ3n) is 7.59. The standard InChI is InChI=1S/C24H30N4O3/c1-27-20-13-28-19(8-7-17(24(28)31)15-9-11-25-12-10-15)22(27)21(18(20)14-29)23(30)26-16-5-3-2-4-6-16/h7-12,16,18,20-22,29H,2-6,13-14H2,1H3,(H,26,30)/t18-,20-,21+,22+/m1/s1. The molecule has 1 amide bonds. The molecule has 0 radical (unpaired) electrons. The number of aliphatic hydroxyl groups is 1. The SMILES string of the molecule is CN1[C@@H]2Cn3c(ccc(-c4ccncc4)c3=O)[C@H]1[C@@H](C(=O)NC1CCCCC1)[C@@H]2CO. The van der Waals surface area contributed by atoms with Crippen LogP contribution < -0.4 is 10.9 Å². The van der Waals surface area contributed by atoms with Crippen molar-refractivity contribution in [2.75, 3.05) is 13.7 Å². The molecular weight excluding hydrogens is 392 g/mol. The van der Waals surface area contributed by atoms with E-state index in [0.717, 1.165) is 36.9 Å². The normalized spacial score (nSPS) is 28.3. The van der Waals surface area contributed by atoms with Crippen LogP contribution in [0.2, 0.25) is 0 Å². The van der Waals surface area contributed by atoms with Gasteiger partial charge >= 0.3 is 0 Å². The maximum absolute atomic E-state index is 13.4. The molecule has 5 rings (SSSR count). The average Bonchev–Trinajstić information content (AvgIpc) is 2.97. The molecule has 2 aromatic heterocycles. The molecule has 0 aromatic carbocycles. The Balaban J connectivity index is 1.51. The second-order valence-electron chi connectivity index (χ2n) is 9.22. The zero-order valence-electron chi connectivity index (χ0n) is 17.9. The number of nitrogens with one attached hydrogen (secondary N) is 1. The van der Waals surface area contributed by atoms with E-state index in [1.54, 1.807) is 12.4 Å². The molecule has 4 atom stereocenters. The quantitative estimate of drug-likeness (QED) is 0.787. The van der Waals surface area contributed by atoms with Gasteiger partial charge in [0.25, 0.3) is 5.56 Å². The van der Waals surface area contributed by atoms with Gasteiger partial charge in [-0.1, -0.05) is 19.3 Å². The molecule has 31 heavy (non-hydrogen) atoms. The molecule has 3 aliphatic rings. The van der Waals surface area contributed by atoms with Crippen molar-refractivity contribution in [3.05, 3.63) is 52.7 Å². The van der Waals surface area contributed by atoms with Crippen molar-refractivity contribution in [2.45, 2.75) is 56.8 Å². The Morgan fingerprint density at radius 2 is 1.90 bits per heavy atom. The number of hydrogen-bond acceptors (Lipinski definition) is 5. The van der Waals surface area contributed by atoms with Crippen LogP contribution in [0.1, 0.15) is 43.8 Å². The maximum Gasteiger partial charge on any atom is 0.258 e. The first-order valence-electron chi connectivity index (χ1n) is 11.4. The number of aliphatic hydroxyl groups excluding tert-OH is 1. The zero-order chi connectivity index (χ0) is 21.5. The number of nitrogens with zero attached hydrogens (tertiary/aromatic N) is 3. The summed E-state index contributed by atoms with van der Waals surface area (Å²) in [6.45, 7) is 0.423. The van der Waals surface area contributed by atoms with Gasteiger partial charge in [0, 0.05) is 54.8 Å². The average molecular weight is 423 g/mol. The minimum atomic E-state index is -0.359. The van der Waals surface area contributed by atoms with E-state index in [4.69, 9.17) is 0 Å². The van der Waals surface area contributed by atoms with Crippen molar-refractivity contribution in [3.63, 3.8) is 0 Å². The Labute approximate surface area is 182 Å². The van der Waals surface area contributed by atoms with Gasteiger partial charge in [-0.25, -0.2) is 0 Å².